The van der Waals surface area contributed by atoms with Crippen molar-refractivity contribution in [3.8, 4) is 0 Å². The maximum absolute atomic E-state index is 2.86. The molecule has 0 aliphatic rings. The van der Waals surface area contributed by atoms with Gasteiger partial charge in [-0.05, 0) is 38.9 Å². The van der Waals surface area contributed by atoms with Gasteiger partial charge in [0.1, 0.15) is 0 Å². The highest BCUT2D eigenvalue weighted by atomic mass is 15.1. The lowest BCUT2D eigenvalue weighted by Crippen LogP contribution is -2.27. The molecule has 254 valence electrons. The Labute approximate surface area is 269 Å². The summed E-state index contributed by atoms with van der Waals surface area (Å²) < 4.78 is 0. The molecule has 0 aromatic rings. The average Bonchev–Trinajstić information content (AvgIpc) is 3.00. The van der Waals surface area contributed by atoms with Crippen LogP contribution >= 0.6 is 0 Å². The van der Waals surface area contributed by atoms with E-state index >= 15 is 0 Å². The molecule has 0 unspecified atom stereocenters. The predicted molar refractivity (Wildman–Crippen MR) is 195 cm³/mol. The Kier molecular flexibility index (Phi) is 38.9. The van der Waals surface area contributed by atoms with E-state index in [4.69, 9.17) is 0 Å². The molecule has 0 N–H and O–H groups in total. The lowest BCUT2D eigenvalue weighted by molar-refractivity contribution is 0.254. The highest BCUT2D eigenvalue weighted by molar-refractivity contribution is 4.61. The quantitative estimate of drug-likeness (QED) is 0.0645. The van der Waals surface area contributed by atoms with Crippen molar-refractivity contribution in [2.45, 2.75) is 245 Å². The molecular weight excluding hydrogens is 506 g/mol. The van der Waals surface area contributed by atoms with E-state index in [0.29, 0.717) is 0 Å². The van der Waals surface area contributed by atoms with Gasteiger partial charge in [0.25, 0.3) is 0 Å². The van der Waals surface area contributed by atoms with Crippen molar-refractivity contribution in [3.63, 3.8) is 0 Å². The Morgan fingerprint density at radius 1 is 0.190 bits per heavy atom. The fourth-order valence-corrected chi connectivity index (χ4v) is 6.69. The molecule has 0 spiro atoms. The smallest absolute Gasteiger partial charge is 0.00187 e. The molecule has 1 nitrogen and oxygen atoms in total. The maximum Gasteiger partial charge on any atom is -0.00187 e. The van der Waals surface area contributed by atoms with E-state index in [1.54, 1.807) is 0 Å². The van der Waals surface area contributed by atoms with Crippen LogP contribution in [-0.4, -0.2) is 24.5 Å². The molecular formula is C41H85N. The molecule has 0 aromatic carbocycles. The van der Waals surface area contributed by atoms with E-state index in [1.807, 2.05) is 0 Å². The summed E-state index contributed by atoms with van der Waals surface area (Å²) in [6.45, 7) is 11.1. The van der Waals surface area contributed by atoms with Gasteiger partial charge in [-0.1, -0.05) is 226 Å². The third-order valence-corrected chi connectivity index (χ3v) is 9.73. The number of rotatable bonds is 38. The van der Waals surface area contributed by atoms with Crippen LogP contribution in [-0.2, 0) is 0 Å². The van der Waals surface area contributed by atoms with Gasteiger partial charge in [0.15, 0.2) is 0 Å². The number of hydrogen-bond acceptors (Lipinski definition) is 1. The Bertz CT molecular complexity index is 422. The minimum Gasteiger partial charge on any atom is -0.303 e. The number of nitrogens with zero attached hydrogens (tertiary/aromatic N) is 1. The molecule has 0 amide bonds. The first-order valence-electron chi connectivity index (χ1n) is 20.6. The van der Waals surface area contributed by atoms with Crippen molar-refractivity contribution in [1.82, 2.24) is 4.90 Å². The maximum atomic E-state index is 2.86. The van der Waals surface area contributed by atoms with E-state index in [1.165, 1.54) is 244 Å². The van der Waals surface area contributed by atoms with Crippen LogP contribution in [0.25, 0.3) is 0 Å². The van der Waals surface area contributed by atoms with Crippen molar-refractivity contribution in [1.29, 1.82) is 0 Å². The molecule has 0 fully saturated rings. The van der Waals surface area contributed by atoms with E-state index in [9.17, 15) is 0 Å². The van der Waals surface area contributed by atoms with Crippen LogP contribution in [0.4, 0.5) is 0 Å². The second kappa shape index (κ2) is 39.0. The minimum absolute atomic E-state index is 1.37. The van der Waals surface area contributed by atoms with Crippen molar-refractivity contribution in [3.05, 3.63) is 0 Å². The summed E-state index contributed by atoms with van der Waals surface area (Å²) in [5.74, 6) is 0. The molecule has 0 aliphatic carbocycles. The topological polar surface area (TPSA) is 3.24 Å². The Hall–Kier alpha value is -0.0400. The molecule has 0 aliphatic heterocycles. The third kappa shape index (κ3) is 36.2. The summed E-state index contributed by atoms with van der Waals surface area (Å²) in [4.78, 5) is 2.86. The summed E-state index contributed by atoms with van der Waals surface area (Å²) >= 11 is 0. The molecule has 0 saturated carbocycles. The summed E-state index contributed by atoms with van der Waals surface area (Å²) in [7, 11) is 0. The molecule has 0 heterocycles. The van der Waals surface area contributed by atoms with Gasteiger partial charge in [0, 0.05) is 0 Å². The Balaban J connectivity index is 3.85. The third-order valence-electron chi connectivity index (χ3n) is 9.73. The van der Waals surface area contributed by atoms with Crippen LogP contribution in [0.3, 0.4) is 0 Å². The Morgan fingerprint density at radius 2 is 0.333 bits per heavy atom. The zero-order chi connectivity index (χ0) is 30.4. The van der Waals surface area contributed by atoms with Crippen LogP contribution in [0.2, 0.25) is 0 Å². The van der Waals surface area contributed by atoms with Gasteiger partial charge in [-0.15, -0.1) is 0 Å². The molecule has 0 rings (SSSR count). The molecule has 0 bridgehead atoms. The summed E-state index contributed by atoms with van der Waals surface area (Å²) in [6, 6.07) is 0. The van der Waals surface area contributed by atoms with Crippen LogP contribution in [0.5, 0.6) is 0 Å². The standard InChI is InChI=1S/C41H85N/c1-4-7-10-13-16-19-22-23-24-25-26-29-32-35-38-41-42(39-36-33-30-27-20-17-14-11-8-5-2)40-37-34-31-28-21-18-15-12-9-6-3/h4-41H2,1-3H3. The van der Waals surface area contributed by atoms with E-state index in [-0.39, 0.29) is 0 Å². The van der Waals surface area contributed by atoms with E-state index < -0.39 is 0 Å². The molecule has 0 atom stereocenters. The minimum atomic E-state index is 1.37. The first kappa shape index (κ1) is 42.0. The highest BCUT2D eigenvalue weighted by Gasteiger charge is 2.05. The molecule has 42 heavy (non-hydrogen) atoms. The number of unbranched alkanes of at least 4 members (excludes halogenated alkanes) is 32. The van der Waals surface area contributed by atoms with Gasteiger partial charge >= 0.3 is 0 Å². The summed E-state index contributed by atoms with van der Waals surface area (Å²) in [6.07, 6.45) is 51.1. The van der Waals surface area contributed by atoms with Crippen LogP contribution in [0, 0.1) is 0 Å². The SMILES string of the molecule is CCCCCCCCCCCCCCCCCN(CCCCCCCCCCCC)CCCCCCCCCCCC. The van der Waals surface area contributed by atoms with Gasteiger partial charge in [0.2, 0.25) is 0 Å². The lowest BCUT2D eigenvalue weighted by atomic mass is 10.0. The van der Waals surface area contributed by atoms with E-state index in [2.05, 4.69) is 25.7 Å². The second-order valence-corrected chi connectivity index (χ2v) is 14.2. The molecule has 0 radical (unpaired) electrons. The summed E-state index contributed by atoms with van der Waals surface area (Å²) in [5, 5.41) is 0. The monoisotopic (exact) mass is 592 g/mol. The van der Waals surface area contributed by atoms with Crippen LogP contribution in [0.15, 0.2) is 0 Å². The van der Waals surface area contributed by atoms with Crippen LogP contribution in [0.1, 0.15) is 245 Å². The fourth-order valence-electron chi connectivity index (χ4n) is 6.69. The van der Waals surface area contributed by atoms with Gasteiger partial charge in [0.05, 0.1) is 0 Å². The number of hydrogen-bond donors (Lipinski definition) is 0. The van der Waals surface area contributed by atoms with Gasteiger partial charge in [-0.25, -0.2) is 0 Å². The van der Waals surface area contributed by atoms with Gasteiger partial charge in [-0.2, -0.15) is 0 Å². The largest absolute Gasteiger partial charge is 0.303 e. The van der Waals surface area contributed by atoms with Gasteiger partial charge < -0.3 is 4.90 Å². The average molecular weight is 592 g/mol. The Morgan fingerprint density at radius 3 is 0.500 bits per heavy atom. The second-order valence-electron chi connectivity index (χ2n) is 14.2. The molecule has 1 heteroatoms. The van der Waals surface area contributed by atoms with Crippen molar-refractivity contribution in [2.75, 3.05) is 19.6 Å². The van der Waals surface area contributed by atoms with E-state index in [0.717, 1.165) is 0 Å². The lowest BCUT2D eigenvalue weighted by Gasteiger charge is -2.22. The van der Waals surface area contributed by atoms with Crippen molar-refractivity contribution >= 4 is 0 Å². The summed E-state index contributed by atoms with van der Waals surface area (Å²) in [5.41, 5.74) is 0. The zero-order valence-corrected chi connectivity index (χ0v) is 30.3. The van der Waals surface area contributed by atoms with Crippen LogP contribution < -0.4 is 0 Å². The molecule has 0 saturated heterocycles. The van der Waals surface area contributed by atoms with Gasteiger partial charge in [-0.3, -0.25) is 0 Å². The first-order chi connectivity index (χ1) is 20.8. The fraction of sp³-hybridized carbons (Fsp3) is 1.00. The first-order valence-corrected chi connectivity index (χ1v) is 20.6. The highest BCUT2D eigenvalue weighted by Crippen LogP contribution is 2.15. The van der Waals surface area contributed by atoms with Crippen molar-refractivity contribution < 1.29 is 0 Å². The zero-order valence-electron chi connectivity index (χ0n) is 30.3. The van der Waals surface area contributed by atoms with Crippen molar-refractivity contribution in [2.24, 2.45) is 0 Å². The molecule has 0 aromatic heterocycles. The predicted octanol–water partition coefficient (Wildman–Crippen LogP) is 15.0. The normalized spacial score (nSPS) is 11.7.